The van der Waals surface area contributed by atoms with Crippen LogP contribution in [-0.2, 0) is 4.79 Å². The SMILES string of the molecule is O=C1CSC(=NN=Cc2ccc(O)cc2Br)N1. The normalized spacial score (nSPS) is 17.9. The third-order valence-electron chi connectivity index (χ3n) is 1.92. The minimum atomic E-state index is -0.0604. The molecule has 1 aliphatic rings. The smallest absolute Gasteiger partial charge is 0.236 e. The summed E-state index contributed by atoms with van der Waals surface area (Å²) in [4.78, 5) is 10.9. The van der Waals surface area contributed by atoms with E-state index in [-0.39, 0.29) is 11.7 Å². The zero-order chi connectivity index (χ0) is 12.3. The molecule has 1 heterocycles. The van der Waals surface area contributed by atoms with E-state index in [2.05, 4.69) is 31.4 Å². The topological polar surface area (TPSA) is 74.0 Å². The molecule has 0 bridgehead atoms. The molecule has 0 saturated carbocycles. The van der Waals surface area contributed by atoms with E-state index < -0.39 is 0 Å². The van der Waals surface area contributed by atoms with E-state index >= 15 is 0 Å². The third-order valence-corrected chi connectivity index (χ3v) is 3.47. The summed E-state index contributed by atoms with van der Waals surface area (Å²) >= 11 is 4.61. The summed E-state index contributed by atoms with van der Waals surface area (Å²) in [6, 6.07) is 4.84. The molecule has 0 aliphatic carbocycles. The summed E-state index contributed by atoms with van der Waals surface area (Å²) in [5.74, 6) is 0.505. The van der Waals surface area contributed by atoms with Crippen molar-refractivity contribution in [2.45, 2.75) is 0 Å². The number of amides is 1. The van der Waals surface area contributed by atoms with Gasteiger partial charge in [-0.3, -0.25) is 4.79 Å². The van der Waals surface area contributed by atoms with Gasteiger partial charge < -0.3 is 10.4 Å². The number of thioether (sulfide) groups is 1. The van der Waals surface area contributed by atoms with Crippen LogP contribution in [0.5, 0.6) is 5.75 Å². The highest BCUT2D eigenvalue weighted by molar-refractivity contribution is 9.10. The Kier molecular flexibility index (Phi) is 3.80. The van der Waals surface area contributed by atoms with E-state index in [4.69, 9.17) is 0 Å². The van der Waals surface area contributed by atoms with Gasteiger partial charge in [-0.1, -0.05) is 11.8 Å². The van der Waals surface area contributed by atoms with Crippen molar-refractivity contribution in [2.75, 3.05) is 5.75 Å². The van der Waals surface area contributed by atoms with Crippen molar-refractivity contribution in [2.24, 2.45) is 10.2 Å². The van der Waals surface area contributed by atoms with Crippen LogP contribution in [0.15, 0.2) is 32.9 Å². The molecule has 88 valence electrons. The summed E-state index contributed by atoms with van der Waals surface area (Å²) in [5.41, 5.74) is 0.793. The van der Waals surface area contributed by atoms with Gasteiger partial charge in [-0.2, -0.15) is 5.10 Å². The van der Waals surface area contributed by atoms with Crippen LogP contribution in [0.1, 0.15) is 5.56 Å². The summed E-state index contributed by atoms with van der Waals surface area (Å²) < 4.78 is 0.726. The Morgan fingerprint density at radius 1 is 1.53 bits per heavy atom. The van der Waals surface area contributed by atoms with E-state index in [1.54, 1.807) is 24.4 Å². The molecule has 1 aliphatic heterocycles. The first-order chi connectivity index (χ1) is 8.15. The van der Waals surface area contributed by atoms with Crippen LogP contribution < -0.4 is 5.32 Å². The first kappa shape index (κ1) is 12.1. The molecule has 5 nitrogen and oxygen atoms in total. The molecule has 1 amide bonds. The average molecular weight is 314 g/mol. The van der Waals surface area contributed by atoms with Crippen molar-refractivity contribution >= 4 is 45.0 Å². The highest BCUT2D eigenvalue weighted by Gasteiger charge is 2.15. The van der Waals surface area contributed by atoms with Crippen molar-refractivity contribution in [1.82, 2.24) is 5.32 Å². The van der Waals surface area contributed by atoms with Gasteiger partial charge in [0.05, 0.1) is 12.0 Å². The summed E-state index contributed by atoms with van der Waals surface area (Å²) in [6.07, 6.45) is 1.54. The Balaban J connectivity index is 2.08. The third kappa shape index (κ3) is 3.31. The number of hydrogen-bond acceptors (Lipinski definition) is 5. The number of halogens is 1. The van der Waals surface area contributed by atoms with Crippen LogP contribution in [0.4, 0.5) is 0 Å². The highest BCUT2D eigenvalue weighted by Crippen LogP contribution is 2.20. The molecule has 1 aromatic rings. The van der Waals surface area contributed by atoms with Gasteiger partial charge >= 0.3 is 0 Å². The Labute approximate surface area is 110 Å². The fourth-order valence-electron chi connectivity index (χ4n) is 1.14. The molecule has 0 unspecified atom stereocenters. The molecule has 1 fully saturated rings. The molecule has 0 atom stereocenters. The van der Waals surface area contributed by atoms with Gasteiger partial charge in [-0.05, 0) is 34.1 Å². The number of hydrogen-bond donors (Lipinski definition) is 2. The maximum absolute atomic E-state index is 10.9. The van der Waals surface area contributed by atoms with Crippen LogP contribution in [-0.4, -0.2) is 28.1 Å². The largest absolute Gasteiger partial charge is 0.508 e. The van der Waals surface area contributed by atoms with Gasteiger partial charge in [0.25, 0.3) is 0 Å². The van der Waals surface area contributed by atoms with Gasteiger partial charge in [0.1, 0.15) is 5.75 Å². The van der Waals surface area contributed by atoms with Crippen molar-refractivity contribution in [3.05, 3.63) is 28.2 Å². The predicted molar refractivity (Wildman–Crippen MR) is 71.4 cm³/mol. The molecule has 2 rings (SSSR count). The summed E-state index contributed by atoms with van der Waals surface area (Å²) in [5, 5.41) is 20.0. The second kappa shape index (κ2) is 5.33. The monoisotopic (exact) mass is 313 g/mol. The molecule has 0 radical (unpaired) electrons. The lowest BCUT2D eigenvalue weighted by Gasteiger charge is -1.97. The van der Waals surface area contributed by atoms with E-state index in [1.165, 1.54) is 11.8 Å². The number of benzene rings is 1. The molecular formula is C10H8BrN3O2S. The quantitative estimate of drug-likeness (QED) is 0.645. The molecule has 0 spiro atoms. The molecule has 2 N–H and O–H groups in total. The minimum absolute atomic E-state index is 0.0604. The Morgan fingerprint density at radius 2 is 2.35 bits per heavy atom. The number of aromatic hydroxyl groups is 1. The minimum Gasteiger partial charge on any atom is -0.508 e. The number of rotatable bonds is 2. The zero-order valence-corrected chi connectivity index (χ0v) is 11.0. The van der Waals surface area contributed by atoms with Crippen LogP contribution in [0.25, 0.3) is 0 Å². The molecule has 0 aromatic heterocycles. The number of nitrogens with one attached hydrogen (secondary N) is 1. The second-order valence-electron chi connectivity index (χ2n) is 3.19. The lowest BCUT2D eigenvalue weighted by molar-refractivity contribution is -0.116. The molecule has 17 heavy (non-hydrogen) atoms. The van der Waals surface area contributed by atoms with E-state index in [9.17, 15) is 9.90 Å². The van der Waals surface area contributed by atoms with Crippen molar-refractivity contribution in [1.29, 1.82) is 0 Å². The zero-order valence-electron chi connectivity index (χ0n) is 8.55. The molecular weight excluding hydrogens is 306 g/mol. The van der Waals surface area contributed by atoms with Gasteiger partial charge in [0.15, 0.2) is 5.17 Å². The Hall–Kier alpha value is -1.34. The van der Waals surface area contributed by atoms with Gasteiger partial charge in [-0.15, -0.1) is 5.10 Å². The summed E-state index contributed by atoms with van der Waals surface area (Å²) in [7, 11) is 0. The predicted octanol–water partition coefficient (Wildman–Crippen LogP) is 1.71. The summed E-state index contributed by atoms with van der Waals surface area (Å²) in [6.45, 7) is 0. The van der Waals surface area contributed by atoms with Crippen LogP contribution in [0, 0.1) is 0 Å². The van der Waals surface area contributed by atoms with E-state index in [0.717, 1.165) is 10.0 Å². The molecule has 1 saturated heterocycles. The molecule has 7 heteroatoms. The van der Waals surface area contributed by atoms with Crippen LogP contribution in [0.2, 0.25) is 0 Å². The maximum atomic E-state index is 10.9. The van der Waals surface area contributed by atoms with Crippen molar-refractivity contribution < 1.29 is 9.90 Å². The first-order valence-electron chi connectivity index (χ1n) is 4.67. The Morgan fingerprint density at radius 3 is 3.00 bits per heavy atom. The number of phenols is 1. The number of amidine groups is 1. The van der Waals surface area contributed by atoms with E-state index in [1.807, 2.05) is 0 Å². The first-order valence-corrected chi connectivity index (χ1v) is 6.45. The maximum Gasteiger partial charge on any atom is 0.236 e. The fraction of sp³-hybridized carbons (Fsp3) is 0.100. The average Bonchev–Trinajstić information content (AvgIpc) is 2.68. The van der Waals surface area contributed by atoms with Gasteiger partial charge in [-0.25, -0.2) is 0 Å². The van der Waals surface area contributed by atoms with Crippen LogP contribution in [0.3, 0.4) is 0 Å². The number of carbonyl (C=O) groups is 1. The second-order valence-corrected chi connectivity index (χ2v) is 5.01. The lowest BCUT2D eigenvalue weighted by Crippen LogP contribution is -2.19. The van der Waals surface area contributed by atoms with Crippen LogP contribution >= 0.6 is 27.7 Å². The highest BCUT2D eigenvalue weighted by atomic mass is 79.9. The lowest BCUT2D eigenvalue weighted by atomic mass is 10.2. The van der Waals surface area contributed by atoms with E-state index in [0.29, 0.717) is 10.9 Å². The fourth-order valence-corrected chi connectivity index (χ4v) is 2.24. The number of nitrogens with zero attached hydrogens (tertiary/aromatic N) is 2. The van der Waals surface area contributed by atoms with Gasteiger partial charge in [0.2, 0.25) is 5.91 Å². The number of phenolic OH excluding ortho intramolecular Hbond substituents is 1. The Bertz CT molecular complexity index is 516. The van der Waals surface area contributed by atoms with Gasteiger partial charge in [0, 0.05) is 10.0 Å². The standard InChI is InChI=1S/C10H8BrN3O2S/c11-8-3-7(15)2-1-6(8)4-12-14-10-13-9(16)5-17-10/h1-4,15H,5H2,(H,13,14,16). The number of carbonyl (C=O) groups excluding carboxylic acids is 1. The van der Waals surface area contributed by atoms with Crippen molar-refractivity contribution in [3.8, 4) is 5.75 Å². The van der Waals surface area contributed by atoms with Crippen molar-refractivity contribution in [3.63, 3.8) is 0 Å². The molecule has 1 aromatic carbocycles.